The van der Waals surface area contributed by atoms with Crippen molar-refractivity contribution in [1.82, 2.24) is 5.32 Å². The van der Waals surface area contributed by atoms with Crippen molar-refractivity contribution in [3.8, 4) is 0 Å². The molecule has 0 radical (unpaired) electrons. The summed E-state index contributed by atoms with van der Waals surface area (Å²) >= 11 is 0. The third kappa shape index (κ3) is 43.0. The van der Waals surface area contributed by atoms with Crippen LogP contribution in [0.5, 0.6) is 0 Å². The van der Waals surface area contributed by atoms with Gasteiger partial charge in [0.2, 0.25) is 11.8 Å². The van der Waals surface area contributed by atoms with Crippen LogP contribution >= 0.6 is 0 Å². The molecule has 0 bridgehead atoms. The largest absolute Gasteiger partial charge is 0.370 e. The SMILES string of the molecule is CCCCCCCCCCCCCCCCCCCCCC(=O)NCCCCCCCCCCCCCCCCCCCCCC(N)=O. The van der Waals surface area contributed by atoms with Gasteiger partial charge in [-0.1, -0.05) is 232 Å². The van der Waals surface area contributed by atoms with Crippen molar-refractivity contribution in [2.45, 2.75) is 264 Å². The monoisotopic (exact) mass is 677 g/mol. The normalized spacial score (nSPS) is 11.4. The highest BCUT2D eigenvalue weighted by atomic mass is 16.1. The summed E-state index contributed by atoms with van der Waals surface area (Å²) in [5.41, 5.74) is 5.18. The van der Waals surface area contributed by atoms with Gasteiger partial charge in [-0.15, -0.1) is 0 Å². The van der Waals surface area contributed by atoms with E-state index in [1.165, 1.54) is 218 Å². The van der Waals surface area contributed by atoms with Gasteiger partial charge < -0.3 is 11.1 Å². The Kier molecular flexibility index (Phi) is 41.2. The second-order valence-electron chi connectivity index (χ2n) is 15.4. The van der Waals surface area contributed by atoms with E-state index in [-0.39, 0.29) is 11.8 Å². The molecule has 286 valence electrons. The van der Waals surface area contributed by atoms with Crippen molar-refractivity contribution in [2.75, 3.05) is 6.54 Å². The van der Waals surface area contributed by atoms with Crippen LogP contribution in [-0.2, 0) is 9.59 Å². The van der Waals surface area contributed by atoms with E-state index < -0.39 is 0 Å². The van der Waals surface area contributed by atoms with Gasteiger partial charge >= 0.3 is 0 Å². The molecule has 3 N–H and O–H groups in total. The minimum absolute atomic E-state index is 0.157. The molecule has 0 aromatic rings. The first-order valence-corrected chi connectivity index (χ1v) is 22.2. The molecule has 4 nitrogen and oxygen atoms in total. The number of carbonyl (C=O) groups is 2. The highest BCUT2D eigenvalue weighted by Gasteiger charge is 2.02. The molecule has 0 aromatic heterocycles. The number of amides is 2. The summed E-state index contributed by atoms with van der Waals surface area (Å²) in [5, 5.41) is 3.15. The summed E-state index contributed by atoms with van der Waals surface area (Å²) in [4.78, 5) is 22.8. The van der Waals surface area contributed by atoms with E-state index in [0.717, 1.165) is 38.6 Å². The average molecular weight is 677 g/mol. The average Bonchev–Trinajstić information content (AvgIpc) is 3.08. The van der Waals surface area contributed by atoms with Gasteiger partial charge in [-0.3, -0.25) is 9.59 Å². The first-order chi connectivity index (χ1) is 23.7. The van der Waals surface area contributed by atoms with Crippen molar-refractivity contribution in [3.63, 3.8) is 0 Å². The molecule has 4 heteroatoms. The van der Waals surface area contributed by atoms with Crippen LogP contribution in [0.3, 0.4) is 0 Å². The molecule has 0 rings (SSSR count). The number of primary amides is 1. The molecule has 0 aliphatic carbocycles. The molecule has 0 fully saturated rings. The summed E-state index contributed by atoms with van der Waals surface area (Å²) < 4.78 is 0. The maximum absolute atomic E-state index is 12.1. The maximum atomic E-state index is 12.1. The second-order valence-corrected chi connectivity index (χ2v) is 15.4. The third-order valence-electron chi connectivity index (χ3n) is 10.4. The lowest BCUT2D eigenvalue weighted by molar-refractivity contribution is -0.121. The Morgan fingerprint density at radius 2 is 0.562 bits per heavy atom. The molecule has 0 aliphatic heterocycles. The fourth-order valence-electron chi connectivity index (χ4n) is 7.11. The lowest BCUT2D eigenvalue weighted by Gasteiger charge is -2.06. The number of hydrogen-bond acceptors (Lipinski definition) is 2. The van der Waals surface area contributed by atoms with Crippen LogP contribution in [0.2, 0.25) is 0 Å². The van der Waals surface area contributed by atoms with Crippen molar-refractivity contribution >= 4 is 11.8 Å². The number of nitrogens with one attached hydrogen (secondary N) is 1. The van der Waals surface area contributed by atoms with Crippen LogP contribution in [0, 0.1) is 0 Å². The van der Waals surface area contributed by atoms with E-state index in [1.54, 1.807) is 0 Å². The predicted molar refractivity (Wildman–Crippen MR) is 213 cm³/mol. The van der Waals surface area contributed by atoms with E-state index in [2.05, 4.69) is 12.2 Å². The summed E-state index contributed by atoms with van der Waals surface area (Å²) in [6, 6.07) is 0. The van der Waals surface area contributed by atoms with Crippen LogP contribution in [0.1, 0.15) is 264 Å². The van der Waals surface area contributed by atoms with Gasteiger partial charge in [0.05, 0.1) is 0 Å². The number of unbranched alkanes of at least 4 members (excludes halogenated alkanes) is 36. The van der Waals surface area contributed by atoms with Crippen LogP contribution in [0.25, 0.3) is 0 Å². The number of rotatable bonds is 42. The lowest BCUT2D eigenvalue weighted by Crippen LogP contribution is -2.23. The van der Waals surface area contributed by atoms with Gasteiger partial charge in [0.25, 0.3) is 0 Å². The van der Waals surface area contributed by atoms with Crippen molar-refractivity contribution in [2.24, 2.45) is 5.73 Å². The van der Waals surface area contributed by atoms with Crippen molar-refractivity contribution < 1.29 is 9.59 Å². The van der Waals surface area contributed by atoms with Crippen LogP contribution in [0.4, 0.5) is 0 Å². The minimum atomic E-state index is -0.157. The number of hydrogen-bond donors (Lipinski definition) is 2. The minimum Gasteiger partial charge on any atom is -0.370 e. The standard InChI is InChI=1S/C44H88N2O2/c1-2-3-4-5-6-7-8-9-10-11-13-17-20-23-26-29-32-35-38-41-44(48)46-42-39-36-33-30-27-24-21-18-15-12-14-16-19-22-25-28-31-34-37-40-43(45)47/h2-42H2,1H3,(H2,45,47)(H,46,48). The first-order valence-electron chi connectivity index (χ1n) is 22.2. The lowest BCUT2D eigenvalue weighted by atomic mass is 10.0. The Morgan fingerprint density at radius 1 is 0.333 bits per heavy atom. The van der Waals surface area contributed by atoms with Crippen molar-refractivity contribution in [1.29, 1.82) is 0 Å². The van der Waals surface area contributed by atoms with Gasteiger partial charge in [0, 0.05) is 19.4 Å². The highest BCUT2D eigenvalue weighted by molar-refractivity contribution is 5.75. The Morgan fingerprint density at radius 3 is 0.833 bits per heavy atom. The second kappa shape index (κ2) is 42.1. The Hall–Kier alpha value is -1.06. The Bertz CT molecular complexity index is 637. The molecule has 0 spiro atoms. The quantitative estimate of drug-likeness (QED) is 0.0632. The van der Waals surface area contributed by atoms with Gasteiger partial charge in [0.1, 0.15) is 0 Å². The van der Waals surface area contributed by atoms with Gasteiger partial charge in [-0.2, -0.15) is 0 Å². The van der Waals surface area contributed by atoms with Crippen LogP contribution in [-0.4, -0.2) is 18.4 Å². The molecule has 0 saturated heterocycles. The molecular weight excluding hydrogens is 588 g/mol. The van der Waals surface area contributed by atoms with E-state index in [4.69, 9.17) is 5.73 Å². The van der Waals surface area contributed by atoms with Gasteiger partial charge in [0.15, 0.2) is 0 Å². The summed E-state index contributed by atoms with van der Waals surface area (Å²) in [6.07, 6.45) is 52.9. The summed E-state index contributed by atoms with van der Waals surface area (Å²) in [5.74, 6) is 0.113. The fourth-order valence-corrected chi connectivity index (χ4v) is 7.11. The zero-order valence-electron chi connectivity index (χ0n) is 32.9. The van der Waals surface area contributed by atoms with Crippen molar-refractivity contribution in [3.05, 3.63) is 0 Å². The predicted octanol–water partition coefficient (Wildman–Crippen LogP) is 14.2. The van der Waals surface area contributed by atoms with Crippen LogP contribution in [0.15, 0.2) is 0 Å². The molecule has 0 aliphatic rings. The number of nitrogens with two attached hydrogens (primary N) is 1. The first kappa shape index (κ1) is 46.9. The third-order valence-corrected chi connectivity index (χ3v) is 10.4. The van der Waals surface area contributed by atoms with E-state index in [9.17, 15) is 9.59 Å². The smallest absolute Gasteiger partial charge is 0.219 e. The van der Waals surface area contributed by atoms with E-state index >= 15 is 0 Å². The topological polar surface area (TPSA) is 72.2 Å². The van der Waals surface area contributed by atoms with Gasteiger partial charge in [-0.05, 0) is 19.3 Å². The van der Waals surface area contributed by atoms with Crippen LogP contribution < -0.4 is 11.1 Å². The molecule has 0 unspecified atom stereocenters. The summed E-state index contributed by atoms with van der Waals surface area (Å²) in [7, 11) is 0. The van der Waals surface area contributed by atoms with E-state index in [1.807, 2.05) is 0 Å². The molecule has 2 amide bonds. The highest BCUT2D eigenvalue weighted by Crippen LogP contribution is 2.16. The molecular formula is C44H88N2O2. The molecule has 0 saturated carbocycles. The molecule has 48 heavy (non-hydrogen) atoms. The molecule has 0 atom stereocenters. The van der Waals surface area contributed by atoms with Gasteiger partial charge in [-0.25, -0.2) is 0 Å². The zero-order chi connectivity index (χ0) is 34.9. The maximum Gasteiger partial charge on any atom is 0.219 e. The summed E-state index contributed by atoms with van der Waals surface area (Å²) in [6.45, 7) is 3.17. The molecule has 0 heterocycles. The molecule has 0 aromatic carbocycles. The number of carbonyl (C=O) groups excluding carboxylic acids is 2. The zero-order valence-corrected chi connectivity index (χ0v) is 32.9. The van der Waals surface area contributed by atoms with E-state index in [0.29, 0.717) is 6.42 Å². The fraction of sp³-hybridized carbons (Fsp3) is 0.955. The Labute approximate surface area is 302 Å². The Balaban J connectivity index is 3.15.